The lowest BCUT2D eigenvalue weighted by atomic mass is 10.00. The number of benzene rings is 1. The number of aromatic nitrogens is 3. The Morgan fingerprint density at radius 3 is 2.72 bits per heavy atom. The quantitative estimate of drug-likeness (QED) is 0.236. The van der Waals surface area contributed by atoms with Crippen molar-refractivity contribution in [3.8, 4) is 0 Å². The second kappa shape index (κ2) is 9.96. The molecule has 1 heterocycles. The summed E-state index contributed by atoms with van der Waals surface area (Å²) in [5, 5.41) is 17.4. The molecule has 0 saturated carbocycles. The van der Waals surface area contributed by atoms with E-state index in [9.17, 15) is 28.0 Å². The molecular weight excluding hydrogens is 393 g/mol. The van der Waals surface area contributed by atoms with Gasteiger partial charge in [0.05, 0.1) is 18.0 Å². The van der Waals surface area contributed by atoms with Crippen LogP contribution in [0.15, 0.2) is 18.2 Å². The molecule has 12 heteroatoms. The number of hydrogen-bond donors (Lipinski definition) is 3. The highest BCUT2D eigenvalue weighted by Gasteiger charge is 2.27. The van der Waals surface area contributed by atoms with E-state index in [2.05, 4.69) is 26.0 Å². The van der Waals surface area contributed by atoms with Gasteiger partial charge >= 0.3 is 6.18 Å². The first kappa shape index (κ1) is 22.3. The molecular formula is C17H21F3N6O3. The van der Waals surface area contributed by atoms with E-state index in [-0.39, 0.29) is 43.2 Å². The molecule has 29 heavy (non-hydrogen) atoms. The Labute approximate surface area is 164 Å². The number of rotatable bonds is 10. The first-order valence-electron chi connectivity index (χ1n) is 8.82. The normalized spacial score (nSPS) is 12.4. The molecule has 0 fully saturated rings. The zero-order valence-electron chi connectivity index (χ0n) is 15.6. The molecule has 0 unspecified atom stereocenters. The van der Waals surface area contributed by atoms with Gasteiger partial charge < -0.3 is 0 Å². The van der Waals surface area contributed by atoms with Gasteiger partial charge in [0, 0.05) is 6.42 Å². The fourth-order valence-electron chi connectivity index (χ4n) is 2.61. The maximum absolute atomic E-state index is 12.3. The number of hydroxylamine groups is 2. The van der Waals surface area contributed by atoms with E-state index >= 15 is 0 Å². The predicted octanol–water partition coefficient (Wildman–Crippen LogP) is 2.36. The molecule has 2 amide bonds. The number of nitrogens with one attached hydrogen (secondary N) is 2. The van der Waals surface area contributed by atoms with Gasteiger partial charge in [0.15, 0.2) is 0 Å². The first-order chi connectivity index (χ1) is 13.7. The lowest BCUT2D eigenvalue weighted by Gasteiger charge is -2.19. The maximum atomic E-state index is 12.3. The van der Waals surface area contributed by atoms with E-state index in [1.54, 1.807) is 12.1 Å². The SMILES string of the molecule is Cc1ccc2nc(NNC(=O)[C@H](CCCCC(F)(F)F)CN(O)C=O)nnc2c1. The van der Waals surface area contributed by atoms with Crippen molar-refractivity contribution in [2.75, 3.05) is 12.0 Å². The van der Waals surface area contributed by atoms with Crippen molar-refractivity contribution in [1.82, 2.24) is 25.7 Å². The fraction of sp³-hybridized carbons (Fsp3) is 0.471. The number of nitrogens with zero attached hydrogens (tertiary/aromatic N) is 4. The van der Waals surface area contributed by atoms with Crippen LogP contribution in [0.5, 0.6) is 0 Å². The van der Waals surface area contributed by atoms with Gasteiger partial charge in [0.2, 0.25) is 12.3 Å². The van der Waals surface area contributed by atoms with Crippen molar-refractivity contribution in [1.29, 1.82) is 0 Å². The van der Waals surface area contributed by atoms with Crippen LogP contribution in [0.2, 0.25) is 0 Å². The van der Waals surface area contributed by atoms with Crippen LogP contribution in [0.25, 0.3) is 11.0 Å². The van der Waals surface area contributed by atoms with E-state index < -0.39 is 24.4 Å². The summed E-state index contributed by atoms with van der Waals surface area (Å²) in [6.07, 6.45) is -5.15. The zero-order valence-corrected chi connectivity index (χ0v) is 15.6. The molecule has 0 aliphatic carbocycles. The average molecular weight is 414 g/mol. The Kier molecular flexibility index (Phi) is 7.65. The highest BCUT2D eigenvalue weighted by molar-refractivity contribution is 5.80. The van der Waals surface area contributed by atoms with E-state index in [1.165, 1.54) is 0 Å². The van der Waals surface area contributed by atoms with Gasteiger partial charge in [0.1, 0.15) is 5.52 Å². The summed E-state index contributed by atoms with van der Waals surface area (Å²) in [5.74, 6) is -1.55. The lowest BCUT2D eigenvalue weighted by molar-refractivity contribution is -0.154. The average Bonchev–Trinajstić information content (AvgIpc) is 2.67. The van der Waals surface area contributed by atoms with E-state index in [0.29, 0.717) is 11.0 Å². The van der Waals surface area contributed by atoms with Crippen LogP contribution in [0.4, 0.5) is 19.1 Å². The second-order valence-corrected chi connectivity index (χ2v) is 6.53. The Balaban J connectivity index is 1.95. The molecule has 0 aliphatic heterocycles. The lowest BCUT2D eigenvalue weighted by Crippen LogP contribution is -2.40. The Bertz CT molecular complexity index is 849. The number of halogens is 3. The monoisotopic (exact) mass is 414 g/mol. The summed E-state index contributed by atoms with van der Waals surface area (Å²) in [5.41, 5.74) is 6.93. The molecule has 1 aromatic heterocycles. The van der Waals surface area contributed by atoms with Gasteiger partial charge in [-0.05, 0) is 37.5 Å². The number of alkyl halides is 3. The van der Waals surface area contributed by atoms with Crippen LogP contribution < -0.4 is 10.9 Å². The summed E-state index contributed by atoms with van der Waals surface area (Å²) in [6.45, 7) is 1.53. The Hall–Kier alpha value is -3.02. The molecule has 1 atom stereocenters. The predicted molar refractivity (Wildman–Crippen MR) is 96.4 cm³/mol. The molecule has 3 N–H and O–H groups in total. The molecule has 0 bridgehead atoms. The highest BCUT2D eigenvalue weighted by atomic mass is 19.4. The molecule has 1 aromatic carbocycles. The number of carbonyl (C=O) groups is 2. The van der Waals surface area contributed by atoms with E-state index in [0.717, 1.165) is 5.56 Å². The minimum absolute atomic E-state index is 0.0155. The summed E-state index contributed by atoms with van der Waals surface area (Å²) < 4.78 is 36.7. The van der Waals surface area contributed by atoms with Crippen LogP contribution in [-0.4, -0.2) is 50.5 Å². The van der Waals surface area contributed by atoms with Crippen LogP contribution in [-0.2, 0) is 9.59 Å². The van der Waals surface area contributed by atoms with Crippen LogP contribution in [0.1, 0.15) is 31.2 Å². The van der Waals surface area contributed by atoms with Crippen molar-refractivity contribution in [3.63, 3.8) is 0 Å². The summed E-state index contributed by atoms with van der Waals surface area (Å²) in [7, 11) is 0. The third-order valence-electron chi connectivity index (χ3n) is 4.07. The molecule has 0 radical (unpaired) electrons. The molecule has 2 rings (SSSR count). The minimum Gasteiger partial charge on any atom is -0.286 e. The Morgan fingerprint density at radius 2 is 2.03 bits per heavy atom. The number of hydrogen-bond acceptors (Lipinski definition) is 7. The number of carbonyl (C=O) groups excluding carboxylic acids is 2. The summed E-state index contributed by atoms with van der Waals surface area (Å²) in [4.78, 5) is 27.1. The zero-order chi connectivity index (χ0) is 21.4. The van der Waals surface area contributed by atoms with Crippen LogP contribution >= 0.6 is 0 Å². The molecule has 0 aliphatic rings. The minimum atomic E-state index is -4.27. The van der Waals surface area contributed by atoms with Gasteiger partial charge in [0.25, 0.3) is 5.95 Å². The van der Waals surface area contributed by atoms with Crippen LogP contribution in [0, 0.1) is 12.8 Å². The van der Waals surface area contributed by atoms with Gasteiger partial charge in [-0.1, -0.05) is 12.5 Å². The molecule has 0 saturated heterocycles. The smallest absolute Gasteiger partial charge is 0.286 e. The summed E-state index contributed by atoms with van der Waals surface area (Å²) in [6, 6.07) is 5.37. The Morgan fingerprint density at radius 1 is 1.28 bits per heavy atom. The number of amides is 2. The highest BCUT2D eigenvalue weighted by Crippen LogP contribution is 2.23. The molecule has 2 aromatic rings. The van der Waals surface area contributed by atoms with Crippen molar-refractivity contribution in [2.24, 2.45) is 5.92 Å². The number of hydrazine groups is 1. The standard InChI is InChI=1S/C17H21F3N6O3/c1-11-5-6-13-14(8-11)22-24-16(21-13)25-23-15(28)12(9-26(29)10-27)4-2-3-7-17(18,19)20/h5-6,8,10,12,29H,2-4,7,9H2,1H3,(H,23,28)(H,21,24,25)/t12-/m1/s1. The van der Waals surface area contributed by atoms with Gasteiger partial charge in [-0.25, -0.2) is 10.0 Å². The van der Waals surface area contributed by atoms with E-state index in [4.69, 9.17) is 0 Å². The fourth-order valence-corrected chi connectivity index (χ4v) is 2.61. The molecule has 9 nitrogen and oxygen atoms in total. The third-order valence-corrected chi connectivity index (χ3v) is 4.07. The second-order valence-electron chi connectivity index (χ2n) is 6.53. The van der Waals surface area contributed by atoms with Gasteiger partial charge in [-0.2, -0.15) is 13.2 Å². The van der Waals surface area contributed by atoms with Crippen LogP contribution in [0.3, 0.4) is 0 Å². The molecule has 158 valence electrons. The van der Waals surface area contributed by atoms with Crippen molar-refractivity contribution >= 4 is 29.3 Å². The number of anilines is 1. The maximum Gasteiger partial charge on any atom is 0.389 e. The molecule has 0 spiro atoms. The number of unbranched alkanes of at least 4 members (excludes halogenated alkanes) is 1. The topological polar surface area (TPSA) is 120 Å². The van der Waals surface area contributed by atoms with E-state index in [1.807, 2.05) is 13.0 Å². The van der Waals surface area contributed by atoms with Gasteiger partial charge in [-0.15, -0.1) is 10.2 Å². The van der Waals surface area contributed by atoms with Crippen molar-refractivity contribution in [3.05, 3.63) is 23.8 Å². The van der Waals surface area contributed by atoms with Crippen molar-refractivity contribution < 1.29 is 28.0 Å². The van der Waals surface area contributed by atoms with Crippen molar-refractivity contribution in [2.45, 2.75) is 38.8 Å². The largest absolute Gasteiger partial charge is 0.389 e. The summed E-state index contributed by atoms with van der Waals surface area (Å²) >= 11 is 0. The van der Waals surface area contributed by atoms with Gasteiger partial charge in [-0.3, -0.25) is 25.6 Å². The number of aryl methyl sites for hydroxylation is 1. The number of fused-ring (bicyclic) bond motifs is 1. The first-order valence-corrected chi connectivity index (χ1v) is 8.82. The third kappa shape index (κ3) is 7.49.